The number of fused-ring (bicyclic) bond motifs is 1. The average Bonchev–Trinajstić information content (AvgIpc) is 3.39. The molecule has 1 fully saturated rings. The Kier molecular flexibility index (Phi) is 4.01. The molecule has 0 unspecified atom stereocenters. The fourth-order valence-corrected chi connectivity index (χ4v) is 2.77. The number of halogens is 3. The third kappa shape index (κ3) is 3.44. The van der Waals surface area contributed by atoms with Crippen LogP contribution in [-0.4, -0.2) is 27.6 Å². The monoisotopic (exact) mass is 376 g/mol. The number of methoxy groups -OCH3 is 1. The molecule has 0 radical (unpaired) electrons. The molecule has 1 N–H and O–H groups in total. The van der Waals surface area contributed by atoms with Crippen LogP contribution in [0.4, 0.5) is 18.9 Å². The minimum Gasteiger partial charge on any atom is -0.495 e. The fraction of sp³-hybridized carbons (Fsp3) is 0.278. The van der Waals surface area contributed by atoms with Gasteiger partial charge < -0.3 is 10.1 Å². The average molecular weight is 376 g/mol. The molecule has 1 aliphatic carbocycles. The van der Waals surface area contributed by atoms with Crippen LogP contribution < -0.4 is 10.1 Å². The van der Waals surface area contributed by atoms with Crippen LogP contribution in [0.2, 0.25) is 0 Å². The van der Waals surface area contributed by atoms with Crippen LogP contribution in [0.15, 0.2) is 36.5 Å². The summed E-state index contributed by atoms with van der Waals surface area (Å²) in [5.74, 6) is -0.0781. The second-order valence-corrected chi connectivity index (χ2v) is 6.33. The number of nitrogens with zero attached hydrogens (tertiary/aromatic N) is 3. The lowest BCUT2D eigenvalue weighted by atomic mass is 10.1. The Morgan fingerprint density at radius 1 is 1.26 bits per heavy atom. The van der Waals surface area contributed by atoms with E-state index < -0.39 is 17.6 Å². The molecule has 1 aliphatic rings. The summed E-state index contributed by atoms with van der Waals surface area (Å²) in [5.41, 5.74) is 0.639. The number of nitrogens with one attached hydrogen (secondary N) is 1. The van der Waals surface area contributed by atoms with E-state index >= 15 is 0 Å². The van der Waals surface area contributed by atoms with Crippen LogP contribution in [0, 0.1) is 0 Å². The highest BCUT2D eigenvalue weighted by molar-refractivity contribution is 6.03. The van der Waals surface area contributed by atoms with Crippen molar-refractivity contribution >= 4 is 17.2 Å². The predicted octanol–water partition coefficient (Wildman–Crippen LogP) is 3.89. The standard InChI is InChI=1S/C18H15F3N4O2/c1-27-15-6-4-11(18(19,20)21)8-13(15)23-17(26)12-5-7-16-22-14(10-2-3-10)9-25(16)24-12/h4-10H,2-3H2,1H3,(H,23,26). The van der Waals surface area contributed by atoms with E-state index in [0.717, 1.165) is 36.7 Å². The van der Waals surface area contributed by atoms with Crippen LogP contribution >= 0.6 is 0 Å². The molecule has 0 spiro atoms. The van der Waals surface area contributed by atoms with E-state index in [1.807, 2.05) is 0 Å². The number of imidazole rings is 1. The molecule has 1 saturated carbocycles. The van der Waals surface area contributed by atoms with Gasteiger partial charge >= 0.3 is 6.18 Å². The number of carbonyl (C=O) groups excluding carboxylic acids is 1. The van der Waals surface area contributed by atoms with Crippen molar-refractivity contribution in [3.8, 4) is 5.75 Å². The number of hydrogen-bond acceptors (Lipinski definition) is 4. The highest BCUT2D eigenvalue weighted by atomic mass is 19.4. The van der Waals surface area contributed by atoms with E-state index in [4.69, 9.17) is 4.74 Å². The van der Waals surface area contributed by atoms with Crippen molar-refractivity contribution in [1.29, 1.82) is 0 Å². The molecule has 1 amide bonds. The molecule has 0 aliphatic heterocycles. The van der Waals surface area contributed by atoms with Crippen molar-refractivity contribution in [3.05, 3.63) is 53.5 Å². The molecule has 0 bridgehead atoms. The minimum atomic E-state index is -4.53. The number of amides is 1. The molecular formula is C18H15F3N4O2. The number of carbonyl (C=O) groups is 1. The number of benzene rings is 1. The van der Waals surface area contributed by atoms with Crippen molar-refractivity contribution in [1.82, 2.24) is 14.6 Å². The summed E-state index contributed by atoms with van der Waals surface area (Å²) in [6, 6.07) is 6.01. The van der Waals surface area contributed by atoms with Crippen LogP contribution in [0.3, 0.4) is 0 Å². The minimum absolute atomic E-state index is 0.0571. The third-order valence-electron chi connectivity index (χ3n) is 4.34. The lowest BCUT2D eigenvalue weighted by molar-refractivity contribution is -0.137. The van der Waals surface area contributed by atoms with Gasteiger partial charge in [0.15, 0.2) is 5.65 Å². The SMILES string of the molecule is COc1ccc(C(F)(F)F)cc1NC(=O)c1ccc2nc(C3CC3)cn2n1. The van der Waals surface area contributed by atoms with E-state index in [9.17, 15) is 18.0 Å². The van der Waals surface area contributed by atoms with E-state index in [0.29, 0.717) is 11.6 Å². The van der Waals surface area contributed by atoms with Crippen LogP contribution in [0.5, 0.6) is 5.75 Å². The van der Waals surface area contributed by atoms with E-state index in [1.165, 1.54) is 17.7 Å². The Morgan fingerprint density at radius 3 is 2.70 bits per heavy atom. The van der Waals surface area contributed by atoms with E-state index in [-0.39, 0.29) is 17.1 Å². The first kappa shape index (κ1) is 17.3. The smallest absolute Gasteiger partial charge is 0.416 e. The van der Waals surface area contributed by atoms with Gasteiger partial charge in [-0.1, -0.05) is 0 Å². The second kappa shape index (κ2) is 6.26. The maximum atomic E-state index is 12.9. The number of rotatable bonds is 4. The molecule has 9 heteroatoms. The Balaban J connectivity index is 1.62. The normalized spacial score (nSPS) is 14.4. The zero-order valence-electron chi connectivity index (χ0n) is 14.2. The quantitative estimate of drug-likeness (QED) is 0.750. The van der Waals surface area contributed by atoms with Gasteiger partial charge in [-0.25, -0.2) is 9.50 Å². The Morgan fingerprint density at radius 2 is 2.04 bits per heavy atom. The molecule has 0 atom stereocenters. The summed E-state index contributed by atoms with van der Waals surface area (Å²) in [6.07, 6.45) is -0.577. The Bertz CT molecular complexity index is 1030. The summed E-state index contributed by atoms with van der Waals surface area (Å²) in [4.78, 5) is 16.9. The molecular weight excluding hydrogens is 361 g/mol. The molecule has 3 aromatic rings. The zero-order chi connectivity index (χ0) is 19.2. The van der Waals surface area contributed by atoms with E-state index in [2.05, 4.69) is 15.4 Å². The highest BCUT2D eigenvalue weighted by Crippen LogP contribution is 2.39. The summed E-state index contributed by atoms with van der Waals surface area (Å²) < 4.78 is 45.3. The summed E-state index contributed by atoms with van der Waals surface area (Å²) in [7, 11) is 1.31. The molecule has 1 aromatic carbocycles. The molecule has 2 aromatic heterocycles. The van der Waals surface area contributed by atoms with Gasteiger partial charge in [-0.15, -0.1) is 0 Å². The number of alkyl halides is 3. The molecule has 140 valence electrons. The first-order valence-corrected chi connectivity index (χ1v) is 8.28. The highest BCUT2D eigenvalue weighted by Gasteiger charge is 2.31. The van der Waals surface area contributed by atoms with Gasteiger partial charge in [-0.3, -0.25) is 4.79 Å². The predicted molar refractivity (Wildman–Crippen MR) is 90.9 cm³/mol. The maximum Gasteiger partial charge on any atom is 0.416 e. The van der Waals surface area contributed by atoms with E-state index in [1.54, 1.807) is 12.3 Å². The fourth-order valence-electron chi connectivity index (χ4n) is 2.77. The molecule has 6 nitrogen and oxygen atoms in total. The summed E-state index contributed by atoms with van der Waals surface area (Å²) in [5, 5.41) is 6.64. The second-order valence-electron chi connectivity index (χ2n) is 6.33. The maximum absolute atomic E-state index is 12.9. The van der Waals surface area contributed by atoms with Gasteiger partial charge in [-0.2, -0.15) is 18.3 Å². The lowest BCUT2D eigenvalue weighted by Crippen LogP contribution is -2.16. The van der Waals surface area contributed by atoms with Crippen molar-refractivity contribution < 1.29 is 22.7 Å². The lowest BCUT2D eigenvalue weighted by Gasteiger charge is -2.13. The van der Waals surface area contributed by atoms with Gasteiger partial charge in [0.05, 0.1) is 30.3 Å². The molecule has 2 heterocycles. The largest absolute Gasteiger partial charge is 0.495 e. The first-order valence-electron chi connectivity index (χ1n) is 8.28. The van der Waals surface area contributed by atoms with Gasteiger partial charge in [0.25, 0.3) is 5.91 Å². The van der Waals surface area contributed by atoms with Crippen molar-refractivity contribution in [2.75, 3.05) is 12.4 Å². The number of ether oxygens (including phenoxy) is 1. The van der Waals surface area contributed by atoms with Crippen LogP contribution in [0.25, 0.3) is 5.65 Å². The van der Waals surface area contributed by atoms with Gasteiger partial charge in [0.1, 0.15) is 11.4 Å². The molecule has 0 saturated heterocycles. The summed E-state index contributed by atoms with van der Waals surface area (Å²) in [6.45, 7) is 0. The topological polar surface area (TPSA) is 68.5 Å². The van der Waals surface area contributed by atoms with Gasteiger partial charge in [0, 0.05) is 5.92 Å². The van der Waals surface area contributed by atoms with Crippen molar-refractivity contribution in [2.45, 2.75) is 24.9 Å². The molecule has 4 rings (SSSR count). The number of hydrogen-bond donors (Lipinski definition) is 1. The van der Waals surface area contributed by atoms with Gasteiger partial charge in [0.2, 0.25) is 0 Å². The number of anilines is 1. The van der Waals surface area contributed by atoms with Crippen LogP contribution in [0.1, 0.15) is 40.5 Å². The Labute approximate surface area is 152 Å². The Hall–Kier alpha value is -3.10. The summed E-state index contributed by atoms with van der Waals surface area (Å²) >= 11 is 0. The molecule has 27 heavy (non-hydrogen) atoms. The first-order chi connectivity index (χ1) is 12.8. The van der Waals surface area contributed by atoms with Gasteiger partial charge in [-0.05, 0) is 43.2 Å². The zero-order valence-corrected chi connectivity index (χ0v) is 14.2. The van der Waals surface area contributed by atoms with Crippen molar-refractivity contribution in [2.24, 2.45) is 0 Å². The third-order valence-corrected chi connectivity index (χ3v) is 4.34. The number of aromatic nitrogens is 3. The van der Waals surface area contributed by atoms with Crippen molar-refractivity contribution in [3.63, 3.8) is 0 Å². The van der Waals surface area contributed by atoms with Crippen LogP contribution in [-0.2, 0) is 6.18 Å².